The van der Waals surface area contributed by atoms with Gasteiger partial charge in [0.25, 0.3) is 5.69 Å². The summed E-state index contributed by atoms with van der Waals surface area (Å²) < 4.78 is 0. The highest BCUT2D eigenvalue weighted by molar-refractivity contribution is 8.14. The van der Waals surface area contributed by atoms with Crippen LogP contribution < -0.4 is 0 Å². The number of nitro benzene ring substituents is 1. The van der Waals surface area contributed by atoms with Crippen LogP contribution in [-0.2, 0) is 0 Å². The molecule has 0 saturated carbocycles. The van der Waals surface area contributed by atoms with Crippen molar-refractivity contribution in [3.63, 3.8) is 0 Å². The highest BCUT2D eigenvalue weighted by Crippen LogP contribution is 2.30. The zero-order chi connectivity index (χ0) is 14.9. The largest absolute Gasteiger partial charge is 0.391 e. The molecule has 2 atom stereocenters. The lowest BCUT2D eigenvalue weighted by Gasteiger charge is -2.23. The summed E-state index contributed by atoms with van der Waals surface area (Å²) in [4.78, 5) is 16.8. The summed E-state index contributed by atoms with van der Waals surface area (Å²) in [5.41, 5.74) is 1.55. The van der Waals surface area contributed by atoms with Gasteiger partial charge in [-0.3, -0.25) is 10.1 Å². The third-order valence-corrected chi connectivity index (χ3v) is 4.49. The normalized spacial score (nSPS) is 22.3. The van der Waals surface area contributed by atoms with E-state index in [-0.39, 0.29) is 11.7 Å². The summed E-state index contributed by atoms with van der Waals surface area (Å²) in [5.74, 6) is 0.791. The molecule has 108 valence electrons. The predicted molar refractivity (Wildman–Crippen MR) is 80.6 cm³/mol. The first-order valence-electron chi connectivity index (χ1n) is 6.27. The van der Waals surface area contributed by atoms with E-state index in [4.69, 9.17) is 0 Å². The summed E-state index contributed by atoms with van der Waals surface area (Å²) >= 11 is 1.58. The van der Waals surface area contributed by atoms with Crippen molar-refractivity contribution in [2.75, 3.05) is 12.8 Å². The minimum absolute atomic E-state index is 0.0529. The molecule has 1 fully saturated rings. The molecule has 20 heavy (non-hydrogen) atoms. The van der Waals surface area contributed by atoms with Crippen molar-refractivity contribution in [2.24, 2.45) is 4.99 Å². The van der Waals surface area contributed by atoms with Crippen LogP contribution in [0.4, 0.5) is 11.4 Å². The van der Waals surface area contributed by atoms with Gasteiger partial charge in [-0.1, -0.05) is 11.8 Å². The minimum atomic E-state index is -0.418. The van der Waals surface area contributed by atoms with Crippen molar-refractivity contribution in [1.82, 2.24) is 4.90 Å². The van der Waals surface area contributed by atoms with Crippen molar-refractivity contribution in [3.05, 3.63) is 33.9 Å². The Morgan fingerprint density at radius 2 is 2.30 bits per heavy atom. The number of nitrogens with zero attached hydrogens (tertiary/aromatic N) is 3. The Hall–Kier alpha value is -1.60. The molecule has 0 aliphatic carbocycles. The van der Waals surface area contributed by atoms with E-state index in [0.29, 0.717) is 0 Å². The number of aliphatic hydroxyl groups excluding tert-OH is 1. The van der Waals surface area contributed by atoms with Crippen LogP contribution in [0.25, 0.3) is 0 Å². The zero-order valence-electron chi connectivity index (χ0n) is 11.6. The minimum Gasteiger partial charge on any atom is -0.391 e. The first-order valence-corrected chi connectivity index (χ1v) is 7.26. The molecule has 1 heterocycles. The maximum atomic E-state index is 10.7. The average Bonchev–Trinajstić information content (AvgIpc) is 2.73. The molecule has 0 aromatic heterocycles. The first kappa shape index (κ1) is 14.8. The van der Waals surface area contributed by atoms with Gasteiger partial charge in [-0.25, -0.2) is 4.99 Å². The van der Waals surface area contributed by atoms with Gasteiger partial charge in [-0.15, -0.1) is 0 Å². The van der Waals surface area contributed by atoms with Crippen molar-refractivity contribution in [1.29, 1.82) is 0 Å². The lowest BCUT2D eigenvalue weighted by atomic mass is 10.2. The maximum absolute atomic E-state index is 10.7. The molecular formula is C13H17N3O3S. The molecule has 1 aromatic rings. The molecule has 1 aliphatic heterocycles. The van der Waals surface area contributed by atoms with E-state index in [9.17, 15) is 15.2 Å². The summed E-state index contributed by atoms with van der Waals surface area (Å²) in [6, 6.07) is 4.69. The average molecular weight is 295 g/mol. The van der Waals surface area contributed by atoms with Gasteiger partial charge in [0.1, 0.15) is 0 Å². The number of aliphatic imine (C=N–C) groups is 1. The van der Waals surface area contributed by atoms with E-state index >= 15 is 0 Å². The fourth-order valence-electron chi connectivity index (χ4n) is 2.07. The Balaban J connectivity index is 2.26. The predicted octanol–water partition coefficient (Wildman–Crippen LogP) is 2.32. The molecule has 2 rings (SSSR count). The second-order valence-electron chi connectivity index (χ2n) is 4.85. The Kier molecular flexibility index (Phi) is 4.29. The van der Waals surface area contributed by atoms with Gasteiger partial charge in [0.2, 0.25) is 0 Å². The van der Waals surface area contributed by atoms with Crippen LogP contribution in [0.1, 0.15) is 12.5 Å². The topological polar surface area (TPSA) is 79.0 Å². The Morgan fingerprint density at radius 1 is 1.60 bits per heavy atom. The van der Waals surface area contributed by atoms with E-state index < -0.39 is 11.0 Å². The monoisotopic (exact) mass is 295 g/mol. The number of hydrogen-bond acceptors (Lipinski definition) is 5. The highest BCUT2D eigenvalue weighted by Gasteiger charge is 2.30. The Morgan fingerprint density at radius 3 is 2.80 bits per heavy atom. The molecule has 1 aliphatic rings. The number of non-ortho nitro benzene ring substituents is 1. The third-order valence-electron chi connectivity index (χ3n) is 3.35. The van der Waals surface area contributed by atoms with Crippen LogP contribution in [0, 0.1) is 17.0 Å². The number of hydrogen-bond donors (Lipinski definition) is 1. The van der Waals surface area contributed by atoms with E-state index in [2.05, 4.69) is 4.99 Å². The van der Waals surface area contributed by atoms with Gasteiger partial charge in [0.15, 0.2) is 5.17 Å². The number of benzene rings is 1. The fourth-order valence-corrected chi connectivity index (χ4v) is 3.39. The van der Waals surface area contributed by atoms with E-state index in [1.165, 1.54) is 12.1 Å². The number of rotatable bonds is 3. The number of aliphatic hydroxyl groups is 1. The maximum Gasteiger partial charge on any atom is 0.269 e. The van der Waals surface area contributed by atoms with Crippen LogP contribution in [-0.4, -0.2) is 45.0 Å². The van der Waals surface area contributed by atoms with Gasteiger partial charge >= 0.3 is 0 Å². The van der Waals surface area contributed by atoms with Gasteiger partial charge in [-0.2, -0.15) is 0 Å². The van der Waals surface area contributed by atoms with Crippen LogP contribution in [0.2, 0.25) is 0 Å². The Labute approximate surface area is 121 Å². The molecular weight excluding hydrogens is 278 g/mol. The summed E-state index contributed by atoms with van der Waals surface area (Å²) in [7, 11) is 1.90. The summed E-state index contributed by atoms with van der Waals surface area (Å²) in [5, 5.41) is 21.2. The molecule has 0 bridgehead atoms. The molecule has 7 heteroatoms. The van der Waals surface area contributed by atoms with Crippen LogP contribution in [0.15, 0.2) is 23.2 Å². The van der Waals surface area contributed by atoms with Gasteiger partial charge in [0, 0.05) is 24.9 Å². The molecule has 1 saturated heterocycles. The summed E-state index contributed by atoms with van der Waals surface area (Å²) in [6.45, 7) is 3.57. The molecule has 1 N–H and O–H groups in total. The number of likely N-dealkylation sites (N-methyl/N-ethyl adjacent to an activating group) is 1. The van der Waals surface area contributed by atoms with Crippen LogP contribution in [0.3, 0.4) is 0 Å². The third kappa shape index (κ3) is 2.94. The van der Waals surface area contributed by atoms with Gasteiger partial charge < -0.3 is 10.0 Å². The first-order chi connectivity index (χ1) is 9.40. The molecule has 1 unspecified atom stereocenters. The van der Waals surface area contributed by atoms with E-state index in [1.807, 2.05) is 11.9 Å². The van der Waals surface area contributed by atoms with Crippen molar-refractivity contribution in [2.45, 2.75) is 26.0 Å². The van der Waals surface area contributed by atoms with E-state index in [1.54, 1.807) is 31.7 Å². The van der Waals surface area contributed by atoms with E-state index in [0.717, 1.165) is 22.2 Å². The Bertz CT molecular complexity index is 560. The number of amidine groups is 1. The molecule has 1 aromatic carbocycles. The second kappa shape index (κ2) is 5.80. The van der Waals surface area contributed by atoms with Gasteiger partial charge in [0.05, 0.1) is 22.8 Å². The molecule has 0 amide bonds. The standard InChI is InChI=1S/C13H17N3O3S/c1-8-6-10(16(18)19)4-5-11(8)14-13-15(3)12(7-20-13)9(2)17/h4-6,9,12,17H,7H2,1-3H3/t9?,12-/m1/s1. The number of thioether (sulfide) groups is 1. The molecule has 0 radical (unpaired) electrons. The van der Waals surface area contributed by atoms with Crippen LogP contribution >= 0.6 is 11.8 Å². The second-order valence-corrected chi connectivity index (χ2v) is 5.84. The summed E-state index contributed by atoms with van der Waals surface area (Å²) in [6.07, 6.45) is -0.418. The van der Waals surface area contributed by atoms with Gasteiger partial charge in [-0.05, 0) is 25.5 Å². The molecule has 6 nitrogen and oxygen atoms in total. The lowest BCUT2D eigenvalue weighted by molar-refractivity contribution is -0.384. The lowest BCUT2D eigenvalue weighted by Crippen LogP contribution is -2.38. The number of aryl methyl sites for hydroxylation is 1. The van der Waals surface area contributed by atoms with Crippen molar-refractivity contribution >= 4 is 28.3 Å². The van der Waals surface area contributed by atoms with Crippen LogP contribution in [0.5, 0.6) is 0 Å². The SMILES string of the molecule is Cc1cc([N+](=O)[O-])ccc1N=C1SC[C@H](C(C)O)N1C. The molecule has 0 spiro atoms. The number of nitro groups is 1. The van der Waals surface area contributed by atoms with Crippen molar-refractivity contribution in [3.8, 4) is 0 Å². The quantitative estimate of drug-likeness (QED) is 0.684. The zero-order valence-corrected chi connectivity index (χ0v) is 12.4. The van der Waals surface area contributed by atoms with Crippen molar-refractivity contribution < 1.29 is 10.0 Å². The smallest absolute Gasteiger partial charge is 0.269 e. The highest BCUT2D eigenvalue weighted by atomic mass is 32.2. The fraction of sp³-hybridized carbons (Fsp3) is 0.462.